The van der Waals surface area contributed by atoms with E-state index in [1.165, 1.54) is 10.4 Å². The number of carbonyl (C=O) groups is 1. The van der Waals surface area contributed by atoms with E-state index in [0.717, 1.165) is 30.5 Å². The summed E-state index contributed by atoms with van der Waals surface area (Å²) in [5, 5.41) is 2.87. The first kappa shape index (κ1) is 20.4. The van der Waals surface area contributed by atoms with E-state index < -0.39 is 10.0 Å². The maximum absolute atomic E-state index is 12.8. The highest BCUT2D eigenvalue weighted by atomic mass is 32.2. The average Bonchev–Trinajstić information content (AvgIpc) is 2.73. The predicted octanol–water partition coefficient (Wildman–Crippen LogP) is 2.86. The highest BCUT2D eigenvalue weighted by molar-refractivity contribution is 7.89. The third kappa shape index (κ3) is 4.72. The van der Waals surface area contributed by atoms with Gasteiger partial charge in [0.25, 0.3) is 5.91 Å². The van der Waals surface area contributed by atoms with Crippen LogP contribution in [-0.2, 0) is 16.6 Å². The van der Waals surface area contributed by atoms with Gasteiger partial charge in [0.15, 0.2) is 0 Å². The molecule has 1 aliphatic heterocycles. The largest absolute Gasteiger partial charge is 0.378 e. The van der Waals surface area contributed by atoms with Crippen molar-refractivity contribution in [1.29, 1.82) is 0 Å². The van der Waals surface area contributed by atoms with Crippen LogP contribution in [0.5, 0.6) is 0 Å². The van der Waals surface area contributed by atoms with Gasteiger partial charge in [-0.2, -0.15) is 4.31 Å². The van der Waals surface area contributed by atoms with E-state index in [2.05, 4.69) is 5.32 Å². The Morgan fingerprint density at radius 2 is 1.75 bits per heavy atom. The second-order valence-corrected chi connectivity index (χ2v) is 9.18. The van der Waals surface area contributed by atoms with Crippen molar-refractivity contribution in [2.75, 3.05) is 32.1 Å². The van der Waals surface area contributed by atoms with E-state index in [0.29, 0.717) is 25.2 Å². The molecular formula is C21H27N3O3S. The van der Waals surface area contributed by atoms with Gasteiger partial charge in [-0.05, 0) is 48.7 Å². The van der Waals surface area contributed by atoms with Crippen LogP contribution in [0.15, 0.2) is 53.4 Å². The molecule has 0 radical (unpaired) electrons. The lowest BCUT2D eigenvalue weighted by molar-refractivity contribution is 0.0950. The van der Waals surface area contributed by atoms with Crippen molar-refractivity contribution >= 4 is 21.6 Å². The molecule has 0 unspecified atom stereocenters. The molecule has 28 heavy (non-hydrogen) atoms. The van der Waals surface area contributed by atoms with Crippen LogP contribution in [-0.4, -0.2) is 45.8 Å². The molecule has 1 saturated heterocycles. The monoisotopic (exact) mass is 401 g/mol. The summed E-state index contributed by atoms with van der Waals surface area (Å²) in [4.78, 5) is 14.7. The van der Waals surface area contributed by atoms with Crippen LogP contribution in [0.4, 0.5) is 5.69 Å². The maximum atomic E-state index is 12.8. The van der Waals surface area contributed by atoms with E-state index in [1.807, 2.05) is 43.3 Å². The van der Waals surface area contributed by atoms with Gasteiger partial charge in [0.2, 0.25) is 10.0 Å². The Kier molecular flexibility index (Phi) is 6.36. The number of hydrogen-bond acceptors (Lipinski definition) is 4. The summed E-state index contributed by atoms with van der Waals surface area (Å²) in [5.74, 6) is -0.286. The van der Waals surface area contributed by atoms with E-state index in [1.54, 1.807) is 18.2 Å². The Hall–Kier alpha value is -2.38. The molecule has 0 spiro atoms. The van der Waals surface area contributed by atoms with E-state index in [9.17, 15) is 13.2 Å². The van der Waals surface area contributed by atoms with Crippen LogP contribution in [0.3, 0.4) is 0 Å². The quantitative estimate of drug-likeness (QED) is 0.808. The SMILES string of the molecule is CN(C)c1cccc(CNC(=O)c2cccc(S(=O)(=O)N3CCCCC3)c2)c1. The van der Waals surface area contributed by atoms with Gasteiger partial charge < -0.3 is 10.2 Å². The fourth-order valence-corrected chi connectivity index (χ4v) is 4.84. The van der Waals surface area contributed by atoms with Crippen LogP contribution >= 0.6 is 0 Å². The summed E-state index contributed by atoms with van der Waals surface area (Å²) in [6, 6.07) is 14.2. The highest BCUT2D eigenvalue weighted by Gasteiger charge is 2.26. The summed E-state index contributed by atoms with van der Waals surface area (Å²) < 4.78 is 27.2. The molecule has 6 nitrogen and oxygen atoms in total. The molecule has 2 aromatic carbocycles. The standard InChI is InChI=1S/C21H27N3O3S/c1-23(2)19-10-6-8-17(14-19)16-22-21(25)18-9-7-11-20(15-18)28(26,27)24-12-4-3-5-13-24/h6-11,14-15H,3-5,12-13,16H2,1-2H3,(H,22,25). The zero-order valence-corrected chi connectivity index (χ0v) is 17.2. The number of amides is 1. The minimum absolute atomic E-state index is 0.177. The van der Waals surface area contributed by atoms with Crippen LogP contribution in [0.2, 0.25) is 0 Å². The van der Waals surface area contributed by atoms with Crippen LogP contribution < -0.4 is 10.2 Å². The molecule has 0 saturated carbocycles. The van der Waals surface area contributed by atoms with Crippen LogP contribution in [0.25, 0.3) is 0 Å². The number of rotatable bonds is 6. The van der Waals surface area contributed by atoms with Crippen molar-refractivity contribution in [3.05, 3.63) is 59.7 Å². The number of nitrogens with one attached hydrogen (secondary N) is 1. The molecule has 0 aliphatic carbocycles. The van der Waals surface area contributed by atoms with Crippen molar-refractivity contribution in [2.45, 2.75) is 30.7 Å². The first-order chi connectivity index (χ1) is 13.4. The van der Waals surface area contributed by atoms with Crippen LogP contribution in [0, 0.1) is 0 Å². The van der Waals surface area contributed by atoms with Crippen molar-refractivity contribution in [2.24, 2.45) is 0 Å². The lowest BCUT2D eigenvalue weighted by Crippen LogP contribution is -2.35. The first-order valence-corrected chi connectivity index (χ1v) is 11.0. The van der Waals surface area contributed by atoms with Crippen molar-refractivity contribution in [3.8, 4) is 0 Å². The molecule has 0 bridgehead atoms. The minimum Gasteiger partial charge on any atom is -0.378 e. The van der Waals surface area contributed by atoms with Crippen molar-refractivity contribution < 1.29 is 13.2 Å². The number of benzene rings is 2. The molecular weight excluding hydrogens is 374 g/mol. The van der Waals surface area contributed by atoms with Gasteiger partial charge in [0.1, 0.15) is 0 Å². The average molecular weight is 402 g/mol. The third-order valence-electron chi connectivity index (χ3n) is 4.93. The Balaban J connectivity index is 1.71. The zero-order valence-electron chi connectivity index (χ0n) is 16.4. The topological polar surface area (TPSA) is 69.7 Å². The van der Waals surface area contributed by atoms with Gasteiger partial charge in [-0.25, -0.2) is 8.42 Å². The summed E-state index contributed by atoms with van der Waals surface area (Å²) in [6.07, 6.45) is 2.82. The molecule has 3 rings (SSSR count). The number of piperidine rings is 1. The number of carbonyl (C=O) groups excluding carboxylic acids is 1. The number of anilines is 1. The molecule has 0 aromatic heterocycles. The molecule has 0 atom stereocenters. The van der Waals surface area contributed by atoms with E-state index >= 15 is 0 Å². The molecule has 2 aromatic rings. The lowest BCUT2D eigenvalue weighted by Gasteiger charge is -2.26. The molecule has 7 heteroatoms. The molecule has 1 fully saturated rings. The molecule has 1 N–H and O–H groups in total. The molecule has 150 valence electrons. The van der Waals surface area contributed by atoms with Gasteiger partial charge in [0, 0.05) is 45.0 Å². The van der Waals surface area contributed by atoms with Crippen molar-refractivity contribution in [3.63, 3.8) is 0 Å². The summed E-state index contributed by atoms with van der Waals surface area (Å²) in [5.41, 5.74) is 2.39. The van der Waals surface area contributed by atoms with Crippen molar-refractivity contribution in [1.82, 2.24) is 9.62 Å². The Bertz CT molecular complexity index is 935. The Morgan fingerprint density at radius 3 is 2.46 bits per heavy atom. The zero-order chi connectivity index (χ0) is 20.1. The summed E-state index contributed by atoms with van der Waals surface area (Å²) >= 11 is 0. The van der Waals surface area contributed by atoms with E-state index in [-0.39, 0.29) is 10.8 Å². The Labute approximate surface area is 167 Å². The number of sulfonamides is 1. The van der Waals surface area contributed by atoms with Crippen LogP contribution in [0.1, 0.15) is 35.2 Å². The molecule has 1 amide bonds. The first-order valence-electron chi connectivity index (χ1n) is 9.52. The fourth-order valence-electron chi connectivity index (χ4n) is 3.28. The van der Waals surface area contributed by atoms with Gasteiger partial charge in [-0.3, -0.25) is 4.79 Å². The third-order valence-corrected chi connectivity index (χ3v) is 6.82. The molecule has 1 heterocycles. The molecule has 1 aliphatic rings. The normalized spacial score (nSPS) is 15.2. The predicted molar refractivity (Wildman–Crippen MR) is 111 cm³/mol. The van der Waals surface area contributed by atoms with Gasteiger partial charge in [-0.15, -0.1) is 0 Å². The maximum Gasteiger partial charge on any atom is 0.251 e. The summed E-state index contributed by atoms with van der Waals surface area (Å²) in [6.45, 7) is 1.46. The second kappa shape index (κ2) is 8.75. The summed E-state index contributed by atoms with van der Waals surface area (Å²) in [7, 11) is 0.376. The highest BCUT2D eigenvalue weighted by Crippen LogP contribution is 2.21. The van der Waals surface area contributed by atoms with Gasteiger partial charge >= 0.3 is 0 Å². The number of nitrogens with zero attached hydrogens (tertiary/aromatic N) is 2. The van der Waals surface area contributed by atoms with Gasteiger partial charge in [0.05, 0.1) is 4.90 Å². The fraction of sp³-hybridized carbons (Fsp3) is 0.381. The van der Waals surface area contributed by atoms with E-state index in [4.69, 9.17) is 0 Å². The minimum atomic E-state index is -3.55. The Morgan fingerprint density at radius 1 is 1.04 bits per heavy atom. The second-order valence-electron chi connectivity index (χ2n) is 7.24. The lowest BCUT2D eigenvalue weighted by atomic mass is 10.1. The number of hydrogen-bond donors (Lipinski definition) is 1. The van der Waals surface area contributed by atoms with Gasteiger partial charge in [-0.1, -0.05) is 24.6 Å². The smallest absolute Gasteiger partial charge is 0.251 e.